The van der Waals surface area contributed by atoms with E-state index >= 15 is 0 Å². The molecule has 0 spiro atoms. The molecule has 2 heterocycles. The smallest absolute Gasteiger partial charge is 0.0515 e. The van der Waals surface area contributed by atoms with Crippen molar-refractivity contribution in [3.8, 4) is 0 Å². The highest BCUT2D eigenvalue weighted by molar-refractivity contribution is 5.85. The van der Waals surface area contributed by atoms with Gasteiger partial charge in [0.25, 0.3) is 0 Å². The molecule has 2 aromatic carbocycles. The fraction of sp³-hybridized carbons (Fsp3) is 0.222. The van der Waals surface area contributed by atoms with Gasteiger partial charge in [-0.2, -0.15) is 0 Å². The first kappa shape index (κ1) is 10.9. The molecule has 1 aliphatic heterocycles. The first-order valence-electron chi connectivity index (χ1n) is 7.06. The molecule has 0 aliphatic carbocycles. The molecule has 0 N–H and O–H groups in total. The van der Waals surface area contributed by atoms with Gasteiger partial charge in [-0.25, -0.2) is 0 Å². The lowest BCUT2D eigenvalue weighted by Crippen LogP contribution is -2.10. The quantitative estimate of drug-likeness (QED) is 0.640. The predicted octanol–water partition coefficient (Wildman–Crippen LogP) is 4.18. The lowest BCUT2D eigenvalue weighted by molar-refractivity contribution is 0.617. The molecule has 0 radical (unpaired) electrons. The highest BCUT2D eigenvalue weighted by Crippen LogP contribution is 2.29. The molecule has 0 saturated heterocycles. The minimum Gasteiger partial charge on any atom is -0.344 e. The zero-order valence-corrected chi connectivity index (χ0v) is 11.0. The van der Waals surface area contributed by atoms with Crippen molar-refractivity contribution in [2.75, 3.05) is 0 Å². The summed E-state index contributed by atoms with van der Waals surface area (Å²) in [7, 11) is 0. The first-order valence-corrected chi connectivity index (χ1v) is 7.06. The molecule has 1 heteroatoms. The second-order valence-electron chi connectivity index (χ2n) is 5.41. The van der Waals surface area contributed by atoms with Gasteiger partial charge in [0.2, 0.25) is 0 Å². The Morgan fingerprint density at radius 3 is 2.74 bits per heavy atom. The maximum atomic E-state index is 2.53. The Kier molecular flexibility index (Phi) is 2.44. The Morgan fingerprint density at radius 2 is 1.84 bits per heavy atom. The SMILES string of the molecule is c1ccc(Cc2cc3cccc4c3n2CCC4)cc1. The third-order valence-corrected chi connectivity index (χ3v) is 4.15. The summed E-state index contributed by atoms with van der Waals surface area (Å²) in [5.41, 5.74) is 5.84. The van der Waals surface area contributed by atoms with Crippen LogP contribution in [-0.2, 0) is 19.4 Å². The first-order chi connectivity index (χ1) is 9.42. The van der Waals surface area contributed by atoms with E-state index in [-0.39, 0.29) is 0 Å². The van der Waals surface area contributed by atoms with E-state index in [0.29, 0.717) is 0 Å². The number of hydrogen-bond acceptors (Lipinski definition) is 0. The number of para-hydroxylation sites is 1. The Balaban J connectivity index is 1.85. The van der Waals surface area contributed by atoms with Crippen LogP contribution in [0.5, 0.6) is 0 Å². The number of aromatic nitrogens is 1. The summed E-state index contributed by atoms with van der Waals surface area (Å²) in [5.74, 6) is 0. The molecule has 3 aromatic rings. The van der Waals surface area contributed by atoms with E-state index in [9.17, 15) is 0 Å². The van der Waals surface area contributed by atoms with Gasteiger partial charge in [-0.15, -0.1) is 0 Å². The standard InChI is InChI=1S/C18H17N/c1-2-6-14(7-3-1)12-17-13-16-9-4-8-15-10-5-11-19(17)18(15)16/h1-4,6-9,13H,5,10-12H2. The molecule has 0 fully saturated rings. The van der Waals surface area contributed by atoms with Crippen LogP contribution >= 0.6 is 0 Å². The van der Waals surface area contributed by atoms with Crippen LogP contribution in [0.3, 0.4) is 0 Å². The van der Waals surface area contributed by atoms with E-state index < -0.39 is 0 Å². The summed E-state index contributed by atoms with van der Waals surface area (Å²) in [6, 6.07) is 19.9. The van der Waals surface area contributed by atoms with Crippen molar-refractivity contribution in [3.05, 3.63) is 71.4 Å². The molecule has 0 amide bonds. The molecule has 0 atom stereocenters. The molecular formula is C18H17N. The van der Waals surface area contributed by atoms with Crippen molar-refractivity contribution < 1.29 is 0 Å². The molecule has 1 nitrogen and oxygen atoms in total. The second-order valence-corrected chi connectivity index (χ2v) is 5.41. The number of nitrogens with zero attached hydrogens (tertiary/aromatic N) is 1. The summed E-state index contributed by atoms with van der Waals surface area (Å²) < 4.78 is 2.53. The van der Waals surface area contributed by atoms with Gasteiger partial charge in [-0.05, 0) is 30.0 Å². The predicted molar refractivity (Wildman–Crippen MR) is 79.5 cm³/mol. The third kappa shape index (κ3) is 1.77. The van der Waals surface area contributed by atoms with Crippen LogP contribution in [0.15, 0.2) is 54.6 Å². The largest absolute Gasteiger partial charge is 0.344 e. The normalized spacial score (nSPS) is 13.9. The Bertz CT molecular complexity index is 722. The van der Waals surface area contributed by atoms with Gasteiger partial charge >= 0.3 is 0 Å². The van der Waals surface area contributed by atoms with Gasteiger partial charge in [0, 0.05) is 24.0 Å². The van der Waals surface area contributed by atoms with Crippen LogP contribution in [0.25, 0.3) is 10.9 Å². The van der Waals surface area contributed by atoms with E-state index in [2.05, 4.69) is 59.2 Å². The molecule has 1 aromatic heterocycles. The molecule has 0 bridgehead atoms. The van der Waals surface area contributed by atoms with Crippen LogP contribution in [0.4, 0.5) is 0 Å². The van der Waals surface area contributed by atoms with Gasteiger partial charge in [0.1, 0.15) is 0 Å². The Morgan fingerprint density at radius 1 is 0.947 bits per heavy atom. The number of benzene rings is 2. The molecule has 1 aliphatic rings. The number of aryl methyl sites for hydroxylation is 2. The van der Waals surface area contributed by atoms with Crippen LogP contribution < -0.4 is 0 Å². The Hall–Kier alpha value is -2.02. The average Bonchev–Trinajstić information content (AvgIpc) is 2.81. The fourth-order valence-electron chi connectivity index (χ4n) is 3.29. The summed E-state index contributed by atoms with van der Waals surface area (Å²) in [6.07, 6.45) is 3.53. The van der Waals surface area contributed by atoms with Crippen molar-refractivity contribution in [1.29, 1.82) is 0 Å². The molecule has 0 saturated carbocycles. The Labute approximate surface area is 113 Å². The monoisotopic (exact) mass is 247 g/mol. The highest BCUT2D eigenvalue weighted by atomic mass is 15.0. The summed E-state index contributed by atoms with van der Waals surface area (Å²) in [6.45, 7) is 1.17. The lowest BCUT2D eigenvalue weighted by atomic mass is 10.0. The zero-order chi connectivity index (χ0) is 12.7. The van der Waals surface area contributed by atoms with E-state index in [1.54, 1.807) is 0 Å². The molecule has 19 heavy (non-hydrogen) atoms. The number of rotatable bonds is 2. The highest BCUT2D eigenvalue weighted by Gasteiger charge is 2.15. The lowest BCUT2D eigenvalue weighted by Gasteiger charge is -2.18. The topological polar surface area (TPSA) is 4.93 Å². The van der Waals surface area contributed by atoms with Crippen molar-refractivity contribution in [2.45, 2.75) is 25.8 Å². The van der Waals surface area contributed by atoms with Crippen molar-refractivity contribution in [3.63, 3.8) is 0 Å². The van der Waals surface area contributed by atoms with Gasteiger partial charge in [-0.3, -0.25) is 0 Å². The van der Waals surface area contributed by atoms with E-state index in [1.807, 2.05) is 0 Å². The van der Waals surface area contributed by atoms with Crippen LogP contribution in [-0.4, -0.2) is 4.57 Å². The molecule has 0 unspecified atom stereocenters. The van der Waals surface area contributed by atoms with Crippen molar-refractivity contribution >= 4 is 10.9 Å². The van der Waals surface area contributed by atoms with E-state index in [0.717, 1.165) is 6.42 Å². The van der Waals surface area contributed by atoms with Gasteiger partial charge in [0.05, 0.1) is 5.52 Å². The maximum absolute atomic E-state index is 2.53. The minimum atomic E-state index is 1.04. The van der Waals surface area contributed by atoms with Crippen LogP contribution in [0, 0.1) is 0 Å². The van der Waals surface area contributed by atoms with Crippen LogP contribution in [0.2, 0.25) is 0 Å². The molecular weight excluding hydrogens is 230 g/mol. The van der Waals surface area contributed by atoms with Gasteiger partial charge in [-0.1, -0.05) is 48.5 Å². The fourth-order valence-corrected chi connectivity index (χ4v) is 3.29. The third-order valence-electron chi connectivity index (χ3n) is 4.15. The summed E-state index contributed by atoms with van der Waals surface area (Å²) in [5, 5.41) is 1.41. The van der Waals surface area contributed by atoms with Crippen molar-refractivity contribution in [2.24, 2.45) is 0 Å². The van der Waals surface area contributed by atoms with Gasteiger partial charge in [0.15, 0.2) is 0 Å². The minimum absolute atomic E-state index is 1.04. The number of hydrogen-bond donors (Lipinski definition) is 0. The summed E-state index contributed by atoms with van der Waals surface area (Å²) >= 11 is 0. The second kappa shape index (κ2) is 4.27. The van der Waals surface area contributed by atoms with Crippen LogP contribution in [0.1, 0.15) is 23.2 Å². The van der Waals surface area contributed by atoms with Crippen molar-refractivity contribution in [1.82, 2.24) is 4.57 Å². The molecule has 94 valence electrons. The molecule has 4 rings (SSSR count). The summed E-state index contributed by atoms with van der Waals surface area (Å²) in [4.78, 5) is 0. The van der Waals surface area contributed by atoms with E-state index in [4.69, 9.17) is 0 Å². The van der Waals surface area contributed by atoms with E-state index in [1.165, 1.54) is 47.1 Å². The average molecular weight is 247 g/mol. The zero-order valence-electron chi connectivity index (χ0n) is 11.0. The maximum Gasteiger partial charge on any atom is 0.0515 e. The van der Waals surface area contributed by atoms with Gasteiger partial charge < -0.3 is 4.57 Å².